The molecule has 1 aromatic heterocycles. The normalized spacial score (nSPS) is 13.4. The molecule has 2 aliphatic carbocycles. The van der Waals surface area contributed by atoms with E-state index in [0.29, 0.717) is 0 Å². The van der Waals surface area contributed by atoms with Crippen molar-refractivity contribution in [2.75, 3.05) is 0 Å². The Labute approximate surface area is 290 Å². The zero-order valence-corrected chi connectivity index (χ0v) is 27.3. The van der Waals surface area contributed by atoms with E-state index in [0.717, 1.165) is 0 Å². The summed E-state index contributed by atoms with van der Waals surface area (Å²) in [5.74, 6) is 0. The second-order valence-electron chi connectivity index (χ2n) is 13.5. The zero-order chi connectivity index (χ0) is 32.8. The Morgan fingerprint density at radius 1 is 0.280 bits per heavy atom. The molecule has 8 aromatic carbocycles. The average Bonchev–Trinajstić information content (AvgIpc) is 3.67. The van der Waals surface area contributed by atoms with Gasteiger partial charge >= 0.3 is 0 Å². The molecule has 0 N–H and O–H groups in total. The smallest absolute Gasteiger partial charge is 0.0726 e. The maximum Gasteiger partial charge on any atom is 0.0726 e. The van der Waals surface area contributed by atoms with E-state index in [9.17, 15) is 0 Å². The number of fused-ring (bicyclic) bond motifs is 17. The first-order valence-corrected chi connectivity index (χ1v) is 17.5. The van der Waals surface area contributed by atoms with Crippen molar-refractivity contribution in [1.29, 1.82) is 0 Å². The lowest BCUT2D eigenvalue weighted by atomic mass is 9.70. The van der Waals surface area contributed by atoms with Gasteiger partial charge in [-0.1, -0.05) is 170 Å². The molecule has 11 rings (SSSR count). The summed E-state index contributed by atoms with van der Waals surface area (Å²) >= 11 is 0. The minimum Gasteiger partial charge on any atom is -0.309 e. The van der Waals surface area contributed by atoms with Crippen molar-refractivity contribution in [2.24, 2.45) is 0 Å². The van der Waals surface area contributed by atoms with Crippen LogP contribution in [0.4, 0.5) is 0 Å². The highest BCUT2D eigenvalue weighted by atomic mass is 15.0. The summed E-state index contributed by atoms with van der Waals surface area (Å²) in [5, 5.41) is 7.38. The Morgan fingerprint density at radius 3 is 1.16 bits per heavy atom. The van der Waals surface area contributed by atoms with Crippen LogP contribution in [0.3, 0.4) is 0 Å². The summed E-state index contributed by atoms with van der Waals surface area (Å²) in [4.78, 5) is 0. The Morgan fingerprint density at radius 2 is 0.640 bits per heavy atom. The molecule has 0 saturated carbocycles. The van der Waals surface area contributed by atoms with Crippen LogP contribution in [0.25, 0.3) is 71.3 Å². The standard InChI is InChI=1S/C49H31N/c1-3-18-34-32(16-1)33-17-2-4-19-35(33)39-23-9-14-30-46(39)50(45-29-13-8-22-38(34)45)47-31-15-28-44-48(47)40-24-7-12-27-43(40)49(44)41-25-10-5-20-36(41)37-21-6-11-26-42(37)49/h1-31H. The average molecular weight is 634 g/mol. The molecule has 0 atom stereocenters. The van der Waals surface area contributed by atoms with Crippen LogP contribution in [0.2, 0.25) is 0 Å². The van der Waals surface area contributed by atoms with Gasteiger partial charge in [0, 0.05) is 16.3 Å². The summed E-state index contributed by atoms with van der Waals surface area (Å²) < 4.78 is 2.55. The predicted octanol–water partition coefficient (Wildman–Crippen LogP) is 12.6. The lowest BCUT2D eigenvalue weighted by Crippen LogP contribution is -2.25. The number of nitrogens with zero attached hydrogens (tertiary/aromatic N) is 1. The van der Waals surface area contributed by atoms with E-state index in [2.05, 4.69) is 193 Å². The van der Waals surface area contributed by atoms with Crippen molar-refractivity contribution in [1.82, 2.24) is 4.57 Å². The third-order valence-corrected chi connectivity index (χ3v) is 11.3. The van der Waals surface area contributed by atoms with Gasteiger partial charge in [-0.15, -0.1) is 0 Å². The van der Waals surface area contributed by atoms with Crippen LogP contribution in [0.15, 0.2) is 188 Å². The summed E-state index contributed by atoms with van der Waals surface area (Å²) in [6.45, 7) is 0. The fraction of sp³-hybridized carbons (Fsp3) is 0.0204. The molecule has 2 aliphatic rings. The first-order chi connectivity index (χ1) is 24.9. The van der Waals surface area contributed by atoms with Gasteiger partial charge in [0.15, 0.2) is 0 Å². The van der Waals surface area contributed by atoms with Crippen molar-refractivity contribution >= 4 is 43.4 Å². The first kappa shape index (κ1) is 27.5. The highest BCUT2D eigenvalue weighted by molar-refractivity contribution is 6.19. The Bertz CT molecular complexity index is 2790. The molecule has 0 bridgehead atoms. The van der Waals surface area contributed by atoms with Crippen LogP contribution < -0.4 is 0 Å². The topological polar surface area (TPSA) is 4.93 Å². The Hall–Kier alpha value is -6.44. The van der Waals surface area contributed by atoms with Gasteiger partial charge in [0.25, 0.3) is 0 Å². The van der Waals surface area contributed by atoms with Crippen LogP contribution in [0, 0.1) is 0 Å². The molecule has 1 spiro atoms. The summed E-state index contributed by atoms with van der Waals surface area (Å²) in [6.07, 6.45) is 0. The molecule has 0 fully saturated rings. The molecule has 1 heterocycles. The summed E-state index contributed by atoms with van der Waals surface area (Å²) in [5.41, 5.74) is 13.7. The molecular weight excluding hydrogens is 603 g/mol. The van der Waals surface area contributed by atoms with Crippen LogP contribution in [-0.2, 0) is 5.41 Å². The third kappa shape index (κ3) is 3.46. The van der Waals surface area contributed by atoms with Crippen molar-refractivity contribution in [2.45, 2.75) is 5.41 Å². The molecule has 0 unspecified atom stereocenters. The van der Waals surface area contributed by atoms with E-state index < -0.39 is 5.41 Å². The van der Waals surface area contributed by atoms with Gasteiger partial charge in [-0.25, -0.2) is 0 Å². The zero-order valence-electron chi connectivity index (χ0n) is 27.3. The van der Waals surface area contributed by atoms with Crippen LogP contribution >= 0.6 is 0 Å². The molecule has 0 radical (unpaired) electrons. The molecule has 232 valence electrons. The van der Waals surface area contributed by atoms with E-state index in [1.54, 1.807) is 0 Å². The fourth-order valence-electron chi connectivity index (χ4n) is 9.40. The number of hydrogen-bond acceptors (Lipinski definition) is 0. The largest absolute Gasteiger partial charge is 0.309 e. The number of aromatic nitrogens is 1. The van der Waals surface area contributed by atoms with Crippen LogP contribution in [0.5, 0.6) is 0 Å². The molecule has 0 amide bonds. The van der Waals surface area contributed by atoms with E-state index in [1.165, 1.54) is 93.5 Å². The highest BCUT2D eigenvalue weighted by Crippen LogP contribution is 2.63. The number of hydrogen-bond donors (Lipinski definition) is 0. The Kier molecular flexibility index (Phi) is 5.66. The van der Waals surface area contributed by atoms with Gasteiger partial charge in [-0.2, -0.15) is 0 Å². The van der Waals surface area contributed by atoms with E-state index >= 15 is 0 Å². The van der Waals surface area contributed by atoms with Crippen LogP contribution in [0.1, 0.15) is 22.3 Å². The van der Waals surface area contributed by atoms with Crippen molar-refractivity contribution < 1.29 is 0 Å². The van der Waals surface area contributed by atoms with Crippen molar-refractivity contribution in [3.63, 3.8) is 0 Å². The lowest BCUT2D eigenvalue weighted by Gasteiger charge is -2.30. The van der Waals surface area contributed by atoms with Crippen molar-refractivity contribution in [3.8, 4) is 27.9 Å². The van der Waals surface area contributed by atoms with Crippen LogP contribution in [-0.4, -0.2) is 4.57 Å². The monoisotopic (exact) mass is 633 g/mol. The quantitative estimate of drug-likeness (QED) is 0.169. The summed E-state index contributed by atoms with van der Waals surface area (Å²) in [6, 6.07) is 69.9. The summed E-state index contributed by atoms with van der Waals surface area (Å²) in [7, 11) is 0. The van der Waals surface area contributed by atoms with E-state index in [-0.39, 0.29) is 0 Å². The number of para-hydroxylation sites is 2. The second kappa shape index (κ2) is 10.3. The van der Waals surface area contributed by atoms with Gasteiger partial charge in [0.05, 0.1) is 22.1 Å². The SMILES string of the molecule is c1ccc2c(c1)-c1ccccc1C21c2ccccc2-c2c(-n3c4ccccc4c4ccccc4c4ccccc4c4ccccc43)cccc21. The molecule has 50 heavy (non-hydrogen) atoms. The molecule has 1 heteroatoms. The molecular formula is C49H31N. The van der Waals surface area contributed by atoms with E-state index in [1.807, 2.05) is 0 Å². The highest BCUT2D eigenvalue weighted by Gasteiger charge is 2.52. The lowest BCUT2D eigenvalue weighted by molar-refractivity contribution is 0.793. The minimum atomic E-state index is -0.410. The first-order valence-electron chi connectivity index (χ1n) is 17.5. The second-order valence-corrected chi connectivity index (χ2v) is 13.5. The predicted molar refractivity (Wildman–Crippen MR) is 210 cm³/mol. The van der Waals surface area contributed by atoms with Gasteiger partial charge in [0.2, 0.25) is 0 Å². The maximum atomic E-state index is 2.55. The molecule has 0 saturated heterocycles. The van der Waals surface area contributed by atoms with Gasteiger partial charge in [-0.3, -0.25) is 0 Å². The van der Waals surface area contributed by atoms with Gasteiger partial charge in [-0.05, 0) is 78.7 Å². The number of benzene rings is 8. The minimum absolute atomic E-state index is 0.410. The van der Waals surface area contributed by atoms with Gasteiger partial charge in [0.1, 0.15) is 0 Å². The Balaban J connectivity index is 1.40. The third-order valence-electron chi connectivity index (χ3n) is 11.3. The molecule has 1 nitrogen and oxygen atoms in total. The van der Waals surface area contributed by atoms with Gasteiger partial charge < -0.3 is 4.57 Å². The van der Waals surface area contributed by atoms with Crippen molar-refractivity contribution in [3.05, 3.63) is 210 Å². The fourth-order valence-corrected chi connectivity index (χ4v) is 9.40. The maximum absolute atomic E-state index is 2.55. The van der Waals surface area contributed by atoms with E-state index in [4.69, 9.17) is 0 Å². The molecule has 9 aromatic rings. The molecule has 0 aliphatic heterocycles. The number of rotatable bonds is 1.